The van der Waals surface area contributed by atoms with E-state index in [2.05, 4.69) is 5.32 Å². The molecule has 0 bridgehead atoms. The van der Waals surface area contributed by atoms with Gasteiger partial charge in [0, 0.05) is 19.6 Å². The van der Waals surface area contributed by atoms with E-state index in [4.69, 9.17) is 5.11 Å². The molecule has 78 valence electrons. The Hall–Kier alpha value is -1.22. The first kappa shape index (κ1) is 10.9. The summed E-state index contributed by atoms with van der Waals surface area (Å²) in [5.41, 5.74) is 0.766. The third kappa shape index (κ3) is 3.66. The van der Waals surface area contributed by atoms with Crippen molar-refractivity contribution >= 4 is 0 Å². The van der Waals surface area contributed by atoms with Crippen LogP contribution in [0.2, 0.25) is 0 Å². The third-order valence-electron chi connectivity index (χ3n) is 2.02. The zero-order valence-corrected chi connectivity index (χ0v) is 8.24. The van der Waals surface area contributed by atoms with Crippen LogP contribution < -0.4 is 5.32 Å². The van der Waals surface area contributed by atoms with E-state index in [0.29, 0.717) is 25.1 Å². The van der Waals surface area contributed by atoms with E-state index in [0.717, 1.165) is 12.1 Å². The number of hydrogen-bond donors (Lipinski definition) is 3. The molecule has 0 aliphatic heterocycles. The van der Waals surface area contributed by atoms with Gasteiger partial charge in [0.05, 0.1) is 5.70 Å². The van der Waals surface area contributed by atoms with Crippen LogP contribution in [-0.4, -0.2) is 23.4 Å². The van der Waals surface area contributed by atoms with Crippen LogP contribution in [0.3, 0.4) is 0 Å². The van der Waals surface area contributed by atoms with Crippen LogP contribution in [0.15, 0.2) is 35.8 Å². The van der Waals surface area contributed by atoms with Gasteiger partial charge in [0.1, 0.15) is 5.76 Å². The van der Waals surface area contributed by atoms with Crippen LogP contribution in [0.5, 0.6) is 0 Å². The minimum absolute atomic E-state index is 0.171. The maximum Gasteiger partial charge on any atom is 0.116 e. The molecule has 3 heteroatoms. The minimum Gasteiger partial charge on any atom is -0.510 e. The van der Waals surface area contributed by atoms with Gasteiger partial charge < -0.3 is 15.5 Å². The van der Waals surface area contributed by atoms with Crippen LogP contribution in [0.25, 0.3) is 0 Å². The molecule has 1 rings (SSSR count). The summed E-state index contributed by atoms with van der Waals surface area (Å²) in [7, 11) is 0. The van der Waals surface area contributed by atoms with Crippen LogP contribution in [0, 0.1) is 0 Å². The van der Waals surface area contributed by atoms with E-state index in [9.17, 15) is 5.11 Å². The zero-order chi connectivity index (χ0) is 10.2. The summed E-state index contributed by atoms with van der Waals surface area (Å²) in [6.45, 7) is 0.856. The molecule has 0 unspecified atom stereocenters. The number of allylic oxidation sites excluding steroid dienone is 5. The predicted octanol–water partition coefficient (Wildman–Crippen LogP) is 1.63. The van der Waals surface area contributed by atoms with Crippen LogP contribution >= 0.6 is 0 Å². The predicted molar refractivity (Wildman–Crippen MR) is 56.9 cm³/mol. The Morgan fingerprint density at radius 1 is 1.36 bits per heavy atom. The monoisotopic (exact) mass is 195 g/mol. The summed E-state index contributed by atoms with van der Waals surface area (Å²) in [4.78, 5) is 0. The lowest BCUT2D eigenvalue weighted by Gasteiger charge is -2.10. The van der Waals surface area contributed by atoms with E-state index in [-0.39, 0.29) is 6.61 Å². The number of aliphatic hydroxyl groups excluding tert-OH is 2. The molecule has 0 aromatic rings. The highest BCUT2D eigenvalue weighted by atomic mass is 16.3. The fourth-order valence-corrected chi connectivity index (χ4v) is 1.24. The Morgan fingerprint density at radius 3 is 3.00 bits per heavy atom. The Morgan fingerprint density at radius 2 is 2.21 bits per heavy atom. The Bertz CT molecular complexity index is 254. The lowest BCUT2D eigenvalue weighted by Crippen LogP contribution is -2.16. The zero-order valence-electron chi connectivity index (χ0n) is 8.24. The normalized spacial score (nSPS) is 26.4. The van der Waals surface area contributed by atoms with E-state index in [1.165, 1.54) is 0 Å². The summed E-state index contributed by atoms with van der Waals surface area (Å²) in [6.07, 6.45) is 9.97. The average Bonchev–Trinajstić information content (AvgIpc) is 2.17. The topological polar surface area (TPSA) is 52.5 Å². The fraction of sp³-hybridized carbons (Fsp3) is 0.455. The van der Waals surface area contributed by atoms with Crippen LogP contribution in [0.1, 0.15) is 19.3 Å². The van der Waals surface area contributed by atoms with Crippen molar-refractivity contribution in [3.63, 3.8) is 0 Å². The molecule has 14 heavy (non-hydrogen) atoms. The van der Waals surface area contributed by atoms with E-state index >= 15 is 0 Å². The Balaban J connectivity index is 2.52. The summed E-state index contributed by atoms with van der Waals surface area (Å²) in [5, 5.41) is 21.3. The number of hydrogen-bond acceptors (Lipinski definition) is 3. The largest absolute Gasteiger partial charge is 0.510 e. The van der Waals surface area contributed by atoms with E-state index in [1.54, 1.807) is 0 Å². The van der Waals surface area contributed by atoms with Gasteiger partial charge in [-0.05, 0) is 18.9 Å². The highest BCUT2D eigenvalue weighted by Crippen LogP contribution is 2.10. The van der Waals surface area contributed by atoms with Gasteiger partial charge in [-0.25, -0.2) is 0 Å². The lowest BCUT2D eigenvalue weighted by atomic mass is 10.1. The average molecular weight is 195 g/mol. The van der Waals surface area contributed by atoms with Gasteiger partial charge in [-0.15, -0.1) is 0 Å². The van der Waals surface area contributed by atoms with Crippen molar-refractivity contribution in [3.8, 4) is 0 Å². The van der Waals surface area contributed by atoms with Crippen LogP contribution in [0.4, 0.5) is 0 Å². The number of nitrogens with one attached hydrogen (secondary N) is 1. The van der Waals surface area contributed by atoms with Crippen molar-refractivity contribution in [1.82, 2.24) is 5.32 Å². The molecule has 0 spiro atoms. The summed E-state index contributed by atoms with van der Waals surface area (Å²) < 4.78 is 0. The van der Waals surface area contributed by atoms with E-state index in [1.807, 2.05) is 24.3 Å². The van der Waals surface area contributed by atoms with Crippen molar-refractivity contribution in [1.29, 1.82) is 0 Å². The van der Waals surface area contributed by atoms with E-state index < -0.39 is 0 Å². The first-order valence-corrected chi connectivity index (χ1v) is 4.94. The molecule has 0 radical (unpaired) electrons. The highest BCUT2D eigenvalue weighted by molar-refractivity contribution is 5.25. The number of aliphatic hydroxyl groups is 2. The summed E-state index contributed by atoms with van der Waals surface area (Å²) in [6, 6.07) is 0. The number of rotatable bonds is 4. The molecule has 1 aliphatic carbocycles. The van der Waals surface area contributed by atoms with Gasteiger partial charge in [0.25, 0.3) is 0 Å². The molecule has 0 heterocycles. The molecule has 0 aromatic carbocycles. The first-order chi connectivity index (χ1) is 6.84. The lowest BCUT2D eigenvalue weighted by molar-refractivity contribution is 0.287. The standard InChI is InChI=1S/C11H17NO2/c13-9-5-8-12-10-6-3-1-2-4-7-11(10)14/h1-3,6,12-14H,4-5,7-9H2/b2-1-,6-3-,11-10-. The molecule has 3 N–H and O–H groups in total. The maximum atomic E-state index is 9.64. The van der Waals surface area contributed by atoms with Crippen molar-refractivity contribution in [2.24, 2.45) is 0 Å². The molecule has 0 saturated heterocycles. The highest BCUT2D eigenvalue weighted by Gasteiger charge is 2.02. The van der Waals surface area contributed by atoms with Crippen molar-refractivity contribution in [3.05, 3.63) is 35.8 Å². The summed E-state index contributed by atoms with van der Waals surface area (Å²) >= 11 is 0. The maximum absolute atomic E-state index is 9.64. The first-order valence-electron chi connectivity index (χ1n) is 4.94. The molecule has 1 aliphatic rings. The summed E-state index contributed by atoms with van der Waals surface area (Å²) in [5.74, 6) is 0.392. The fourth-order valence-electron chi connectivity index (χ4n) is 1.24. The minimum atomic E-state index is 0.171. The smallest absolute Gasteiger partial charge is 0.116 e. The van der Waals surface area contributed by atoms with Gasteiger partial charge in [-0.3, -0.25) is 0 Å². The molecule has 0 amide bonds. The molecule has 0 saturated carbocycles. The van der Waals surface area contributed by atoms with Crippen molar-refractivity contribution in [2.45, 2.75) is 19.3 Å². The van der Waals surface area contributed by atoms with Gasteiger partial charge in [0.2, 0.25) is 0 Å². The molecule has 3 nitrogen and oxygen atoms in total. The van der Waals surface area contributed by atoms with Gasteiger partial charge in [-0.1, -0.05) is 18.2 Å². The Labute approximate surface area is 84.5 Å². The molecular formula is C11H17NO2. The molecule has 0 fully saturated rings. The molecule has 0 atom stereocenters. The van der Waals surface area contributed by atoms with Crippen molar-refractivity contribution < 1.29 is 10.2 Å². The van der Waals surface area contributed by atoms with Crippen molar-refractivity contribution in [2.75, 3.05) is 13.2 Å². The second kappa shape index (κ2) is 6.27. The van der Waals surface area contributed by atoms with Gasteiger partial charge in [0.15, 0.2) is 0 Å². The molecule has 0 aromatic heterocycles. The second-order valence-corrected chi connectivity index (χ2v) is 3.19. The Kier molecular flexibility index (Phi) is 4.86. The second-order valence-electron chi connectivity index (χ2n) is 3.19. The SMILES string of the molecule is OCCCNC1=C(\O)CC\C=C/C=C\1. The quantitative estimate of drug-likeness (QED) is 0.598. The van der Waals surface area contributed by atoms with Gasteiger partial charge >= 0.3 is 0 Å². The van der Waals surface area contributed by atoms with Gasteiger partial charge in [-0.2, -0.15) is 0 Å². The van der Waals surface area contributed by atoms with Crippen LogP contribution in [-0.2, 0) is 0 Å². The molecular weight excluding hydrogens is 178 g/mol. The third-order valence-corrected chi connectivity index (χ3v) is 2.02.